The standard InChI is InChI=1S/C20H24N2O2/c1-12(2)10-17-16(11-21)19(15-8-6-13(3)7-9-15)18(14(4)22-17)20(23)24-5/h6-9,12,16,19H,10H2,1-5H3. The smallest absolute Gasteiger partial charge is 0.336 e. The number of aryl methyl sites for hydroxylation is 1. The molecule has 0 amide bonds. The summed E-state index contributed by atoms with van der Waals surface area (Å²) in [4.78, 5) is 17.0. The van der Waals surface area contributed by atoms with Crippen LogP contribution in [0, 0.1) is 30.1 Å². The number of rotatable bonds is 4. The van der Waals surface area contributed by atoms with Crippen LogP contribution in [0.4, 0.5) is 0 Å². The van der Waals surface area contributed by atoms with Gasteiger partial charge in [0.05, 0.1) is 24.7 Å². The minimum atomic E-state index is -0.451. The van der Waals surface area contributed by atoms with E-state index in [0.717, 1.165) is 23.3 Å². The van der Waals surface area contributed by atoms with Gasteiger partial charge in [-0.1, -0.05) is 43.7 Å². The van der Waals surface area contributed by atoms with E-state index in [2.05, 4.69) is 24.9 Å². The highest BCUT2D eigenvalue weighted by Crippen LogP contribution is 2.40. The molecule has 126 valence electrons. The highest BCUT2D eigenvalue weighted by Gasteiger charge is 2.38. The van der Waals surface area contributed by atoms with Crippen molar-refractivity contribution < 1.29 is 9.53 Å². The van der Waals surface area contributed by atoms with Crippen LogP contribution in [0.3, 0.4) is 0 Å². The molecule has 1 heterocycles. The average Bonchev–Trinajstić information content (AvgIpc) is 2.54. The summed E-state index contributed by atoms with van der Waals surface area (Å²) in [6.07, 6.45) is 0.742. The molecule has 24 heavy (non-hydrogen) atoms. The predicted molar refractivity (Wildman–Crippen MR) is 94.6 cm³/mol. The number of nitriles is 1. The molecular formula is C20H24N2O2. The maximum Gasteiger partial charge on any atom is 0.336 e. The molecule has 0 aromatic heterocycles. The van der Waals surface area contributed by atoms with E-state index in [1.165, 1.54) is 7.11 Å². The Balaban J connectivity index is 2.61. The predicted octanol–water partition coefficient (Wildman–Crippen LogP) is 4.17. The van der Waals surface area contributed by atoms with Crippen LogP contribution >= 0.6 is 0 Å². The number of nitrogens with zero attached hydrogens (tertiary/aromatic N) is 2. The molecule has 4 heteroatoms. The van der Waals surface area contributed by atoms with E-state index in [1.807, 2.05) is 38.1 Å². The molecular weight excluding hydrogens is 300 g/mol. The molecule has 4 nitrogen and oxygen atoms in total. The third kappa shape index (κ3) is 3.56. The largest absolute Gasteiger partial charge is 0.466 e. The fraction of sp³-hybridized carbons (Fsp3) is 0.450. The van der Waals surface area contributed by atoms with Gasteiger partial charge in [-0.15, -0.1) is 0 Å². The summed E-state index contributed by atoms with van der Waals surface area (Å²) in [6, 6.07) is 10.4. The highest BCUT2D eigenvalue weighted by atomic mass is 16.5. The van der Waals surface area contributed by atoms with Gasteiger partial charge >= 0.3 is 5.97 Å². The topological polar surface area (TPSA) is 62.4 Å². The minimum absolute atomic E-state index is 0.339. The van der Waals surface area contributed by atoms with Gasteiger partial charge in [-0.2, -0.15) is 5.26 Å². The van der Waals surface area contributed by atoms with E-state index in [1.54, 1.807) is 0 Å². The minimum Gasteiger partial charge on any atom is -0.466 e. The Kier molecular flexibility index (Phi) is 5.56. The number of allylic oxidation sites excluding steroid dienone is 1. The normalized spacial score (nSPS) is 20.6. The SMILES string of the molecule is COC(=O)C1=C(C)N=C(CC(C)C)C(C#N)C1c1ccc(C)cc1. The fourth-order valence-electron chi connectivity index (χ4n) is 3.19. The van der Waals surface area contributed by atoms with Gasteiger partial charge in [0.25, 0.3) is 0 Å². The van der Waals surface area contributed by atoms with Crippen molar-refractivity contribution in [3.63, 3.8) is 0 Å². The maximum absolute atomic E-state index is 12.4. The maximum atomic E-state index is 12.4. The van der Waals surface area contributed by atoms with Crippen molar-refractivity contribution in [2.45, 2.75) is 40.0 Å². The van der Waals surface area contributed by atoms with Gasteiger partial charge < -0.3 is 4.74 Å². The van der Waals surface area contributed by atoms with E-state index in [0.29, 0.717) is 17.2 Å². The average molecular weight is 324 g/mol. The lowest BCUT2D eigenvalue weighted by Gasteiger charge is -2.30. The van der Waals surface area contributed by atoms with E-state index in [-0.39, 0.29) is 5.92 Å². The molecule has 0 saturated carbocycles. The lowest BCUT2D eigenvalue weighted by molar-refractivity contribution is -0.136. The summed E-state index contributed by atoms with van der Waals surface area (Å²) < 4.78 is 4.97. The van der Waals surface area contributed by atoms with Crippen molar-refractivity contribution >= 4 is 11.7 Å². The van der Waals surface area contributed by atoms with Crippen LogP contribution in [0.2, 0.25) is 0 Å². The Labute approximate surface area is 143 Å². The van der Waals surface area contributed by atoms with Crippen molar-refractivity contribution in [1.82, 2.24) is 0 Å². The first-order valence-corrected chi connectivity index (χ1v) is 8.21. The zero-order valence-corrected chi connectivity index (χ0v) is 15.0. The first kappa shape index (κ1) is 17.9. The second kappa shape index (κ2) is 7.44. The Morgan fingerprint density at radius 2 is 1.92 bits per heavy atom. The number of methoxy groups -OCH3 is 1. The second-order valence-electron chi connectivity index (χ2n) is 6.69. The van der Waals surface area contributed by atoms with Gasteiger partial charge in [0.2, 0.25) is 0 Å². The molecule has 1 aliphatic rings. The van der Waals surface area contributed by atoms with Crippen molar-refractivity contribution in [2.75, 3.05) is 7.11 Å². The van der Waals surface area contributed by atoms with Crippen LogP contribution in [0.1, 0.15) is 44.2 Å². The van der Waals surface area contributed by atoms with Gasteiger partial charge in [-0.3, -0.25) is 4.99 Å². The molecule has 0 fully saturated rings. The second-order valence-corrected chi connectivity index (χ2v) is 6.69. The Morgan fingerprint density at radius 3 is 2.42 bits per heavy atom. The van der Waals surface area contributed by atoms with Crippen LogP contribution in [0.15, 0.2) is 40.5 Å². The fourth-order valence-corrected chi connectivity index (χ4v) is 3.19. The van der Waals surface area contributed by atoms with Crippen LogP contribution in [-0.4, -0.2) is 18.8 Å². The number of aliphatic imine (C=N–C) groups is 1. The number of ether oxygens (including phenoxy) is 1. The zero-order chi connectivity index (χ0) is 17.9. The van der Waals surface area contributed by atoms with E-state index in [9.17, 15) is 10.1 Å². The third-order valence-corrected chi connectivity index (χ3v) is 4.30. The van der Waals surface area contributed by atoms with Crippen molar-refractivity contribution in [3.8, 4) is 6.07 Å². The van der Waals surface area contributed by atoms with Crippen LogP contribution in [-0.2, 0) is 9.53 Å². The monoisotopic (exact) mass is 324 g/mol. The number of benzene rings is 1. The summed E-state index contributed by atoms with van der Waals surface area (Å²) >= 11 is 0. The molecule has 0 aliphatic carbocycles. The van der Waals surface area contributed by atoms with Crippen LogP contribution < -0.4 is 0 Å². The van der Waals surface area contributed by atoms with Gasteiger partial charge in [0, 0.05) is 17.3 Å². The first-order chi connectivity index (χ1) is 11.4. The molecule has 2 atom stereocenters. The Bertz CT molecular complexity index is 721. The summed E-state index contributed by atoms with van der Waals surface area (Å²) in [5.41, 5.74) is 4.07. The van der Waals surface area contributed by atoms with Crippen molar-refractivity contribution in [2.24, 2.45) is 16.8 Å². The van der Waals surface area contributed by atoms with Crippen LogP contribution in [0.5, 0.6) is 0 Å². The van der Waals surface area contributed by atoms with Gasteiger partial charge in [-0.05, 0) is 31.7 Å². The molecule has 2 rings (SSSR count). The molecule has 0 radical (unpaired) electrons. The molecule has 2 unspecified atom stereocenters. The number of esters is 1. The lowest BCUT2D eigenvalue weighted by atomic mass is 9.74. The van der Waals surface area contributed by atoms with Crippen molar-refractivity contribution in [1.29, 1.82) is 5.26 Å². The van der Waals surface area contributed by atoms with E-state index < -0.39 is 11.9 Å². The molecule has 1 aromatic carbocycles. The number of carbonyl (C=O) groups excluding carboxylic acids is 1. The summed E-state index contributed by atoms with van der Waals surface area (Å²) in [6.45, 7) is 8.04. The van der Waals surface area contributed by atoms with Gasteiger partial charge in [-0.25, -0.2) is 4.79 Å². The number of carbonyl (C=O) groups is 1. The molecule has 0 N–H and O–H groups in total. The summed E-state index contributed by atoms with van der Waals surface area (Å²) in [7, 11) is 1.36. The molecule has 0 spiro atoms. The molecule has 1 aromatic rings. The van der Waals surface area contributed by atoms with Gasteiger partial charge in [0.15, 0.2) is 0 Å². The Morgan fingerprint density at radius 1 is 1.29 bits per heavy atom. The van der Waals surface area contributed by atoms with Crippen LogP contribution in [0.25, 0.3) is 0 Å². The van der Waals surface area contributed by atoms with Gasteiger partial charge in [0.1, 0.15) is 0 Å². The first-order valence-electron chi connectivity index (χ1n) is 8.21. The summed E-state index contributed by atoms with van der Waals surface area (Å²) in [5.74, 6) is -0.807. The number of hydrogen-bond acceptors (Lipinski definition) is 4. The molecule has 1 aliphatic heterocycles. The third-order valence-electron chi connectivity index (χ3n) is 4.30. The zero-order valence-electron chi connectivity index (χ0n) is 15.0. The van der Waals surface area contributed by atoms with E-state index >= 15 is 0 Å². The Hall–Kier alpha value is -2.41. The summed E-state index contributed by atoms with van der Waals surface area (Å²) in [5, 5.41) is 9.81. The van der Waals surface area contributed by atoms with E-state index in [4.69, 9.17) is 4.74 Å². The van der Waals surface area contributed by atoms with Crippen molar-refractivity contribution in [3.05, 3.63) is 46.7 Å². The highest BCUT2D eigenvalue weighted by molar-refractivity contribution is 5.99. The lowest BCUT2D eigenvalue weighted by Crippen LogP contribution is -2.31. The number of hydrogen-bond donors (Lipinski definition) is 0. The quantitative estimate of drug-likeness (QED) is 0.781. The molecule has 0 bridgehead atoms. The molecule has 0 saturated heterocycles.